The molecule has 0 bridgehead atoms. The van der Waals surface area contributed by atoms with E-state index in [1.807, 2.05) is 42.7 Å². The van der Waals surface area contributed by atoms with Crippen LogP contribution in [0.3, 0.4) is 0 Å². The summed E-state index contributed by atoms with van der Waals surface area (Å²) in [5.74, 6) is 0. The Morgan fingerprint density at radius 3 is 2.57 bits per heavy atom. The summed E-state index contributed by atoms with van der Waals surface area (Å²) in [6.07, 6.45) is 8.98. The van der Waals surface area contributed by atoms with Crippen LogP contribution in [0.2, 0.25) is 0 Å². The second-order valence-electron chi connectivity index (χ2n) is 5.70. The maximum absolute atomic E-state index is 4.68. The van der Waals surface area contributed by atoms with Crippen molar-refractivity contribution in [2.75, 3.05) is 0 Å². The SMILES string of the molecule is CC1(Br)C=NC(c2ccc(Br)nc2)=C(/C=C/c2ccccc2)C1. The number of pyridine rings is 1. The van der Waals surface area contributed by atoms with Gasteiger partial charge in [-0.1, -0.05) is 58.4 Å². The van der Waals surface area contributed by atoms with Crippen LogP contribution in [-0.4, -0.2) is 15.5 Å². The highest BCUT2D eigenvalue weighted by Crippen LogP contribution is 2.35. The van der Waals surface area contributed by atoms with Gasteiger partial charge in [-0.3, -0.25) is 4.99 Å². The largest absolute Gasteiger partial charge is 0.259 e. The lowest BCUT2D eigenvalue weighted by Crippen LogP contribution is -2.21. The molecule has 0 fully saturated rings. The molecule has 2 heterocycles. The van der Waals surface area contributed by atoms with Crippen LogP contribution in [0.15, 0.2) is 69.9 Å². The third kappa shape index (κ3) is 4.27. The molecule has 0 N–H and O–H groups in total. The summed E-state index contributed by atoms with van der Waals surface area (Å²) >= 11 is 7.11. The highest BCUT2D eigenvalue weighted by Gasteiger charge is 2.25. The maximum atomic E-state index is 4.68. The van der Waals surface area contributed by atoms with E-state index in [1.165, 1.54) is 11.1 Å². The maximum Gasteiger partial charge on any atom is 0.106 e. The monoisotopic (exact) mass is 430 g/mol. The molecule has 0 aliphatic carbocycles. The lowest BCUT2D eigenvalue weighted by molar-refractivity contribution is 0.849. The molecule has 0 spiro atoms. The van der Waals surface area contributed by atoms with Crippen LogP contribution in [0.25, 0.3) is 11.8 Å². The number of benzene rings is 1. The van der Waals surface area contributed by atoms with Gasteiger partial charge in [0.1, 0.15) is 4.60 Å². The Balaban J connectivity index is 2.00. The fourth-order valence-electron chi connectivity index (χ4n) is 2.46. The van der Waals surface area contributed by atoms with E-state index in [2.05, 4.69) is 73.0 Å². The van der Waals surface area contributed by atoms with Gasteiger partial charge in [-0.05, 0) is 52.5 Å². The standard InChI is InChI=1S/C19H16Br2N2/c1-19(21)11-15(8-7-14-5-3-2-4-6-14)18(23-13-19)16-9-10-17(20)22-12-16/h2-10,12-13H,11H2,1H3/b8-7+. The summed E-state index contributed by atoms with van der Waals surface area (Å²) in [6, 6.07) is 14.3. The number of hydrogen-bond donors (Lipinski definition) is 0. The third-order valence-corrected chi connectivity index (χ3v) is 4.53. The van der Waals surface area contributed by atoms with Crippen molar-refractivity contribution in [2.45, 2.75) is 17.7 Å². The van der Waals surface area contributed by atoms with Gasteiger partial charge >= 0.3 is 0 Å². The quantitative estimate of drug-likeness (QED) is 0.438. The van der Waals surface area contributed by atoms with Crippen LogP contribution in [0, 0.1) is 0 Å². The number of hydrogen-bond acceptors (Lipinski definition) is 2. The minimum atomic E-state index is -0.115. The summed E-state index contributed by atoms with van der Waals surface area (Å²) in [4.78, 5) is 8.99. The molecule has 0 saturated heterocycles. The van der Waals surface area contributed by atoms with E-state index in [-0.39, 0.29) is 4.32 Å². The van der Waals surface area contributed by atoms with Crippen molar-refractivity contribution in [1.29, 1.82) is 0 Å². The van der Waals surface area contributed by atoms with E-state index in [9.17, 15) is 0 Å². The minimum absolute atomic E-state index is 0.115. The van der Waals surface area contributed by atoms with Crippen LogP contribution in [0.1, 0.15) is 24.5 Å². The van der Waals surface area contributed by atoms with Crippen LogP contribution < -0.4 is 0 Å². The minimum Gasteiger partial charge on any atom is -0.259 e. The van der Waals surface area contributed by atoms with Crippen molar-refractivity contribution in [1.82, 2.24) is 4.98 Å². The van der Waals surface area contributed by atoms with Gasteiger partial charge in [-0.2, -0.15) is 0 Å². The van der Waals surface area contributed by atoms with Crippen LogP contribution in [-0.2, 0) is 0 Å². The van der Waals surface area contributed by atoms with Gasteiger partial charge in [0.2, 0.25) is 0 Å². The molecular weight excluding hydrogens is 416 g/mol. The van der Waals surface area contributed by atoms with Crippen molar-refractivity contribution in [3.63, 3.8) is 0 Å². The number of alkyl halides is 1. The normalized spacial score (nSPS) is 21.2. The zero-order valence-electron chi connectivity index (χ0n) is 12.7. The summed E-state index contributed by atoms with van der Waals surface area (Å²) in [5.41, 5.74) is 4.38. The average Bonchev–Trinajstić information content (AvgIpc) is 2.54. The van der Waals surface area contributed by atoms with Crippen molar-refractivity contribution in [3.05, 3.63) is 76.0 Å². The summed E-state index contributed by atoms with van der Waals surface area (Å²) in [7, 11) is 0. The number of halogens is 2. The molecule has 1 aliphatic rings. The fraction of sp³-hybridized carbons (Fsp3) is 0.158. The van der Waals surface area contributed by atoms with E-state index < -0.39 is 0 Å². The van der Waals surface area contributed by atoms with E-state index in [4.69, 9.17) is 0 Å². The molecule has 1 aromatic heterocycles. The Morgan fingerprint density at radius 2 is 1.87 bits per heavy atom. The first-order valence-electron chi connectivity index (χ1n) is 7.36. The molecule has 0 saturated carbocycles. The lowest BCUT2D eigenvalue weighted by Gasteiger charge is -2.24. The molecule has 4 heteroatoms. The van der Waals surface area contributed by atoms with Gasteiger partial charge in [0.15, 0.2) is 0 Å². The van der Waals surface area contributed by atoms with Crippen LogP contribution in [0.4, 0.5) is 0 Å². The molecule has 1 aromatic carbocycles. The number of aromatic nitrogens is 1. The molecule has 116 valence electrons. The third-order valence-electron chi connectivity index (χ3n) is 3.58. The highest BCUT2D eigenvalue weighted by molar-refractivity contribution is 9.10. The highest BCUT2D eigenvalue weighted by atomic mass is 79.9. The molecule has 23 heavy (non-hydrogen) atoms. The Kier molecular flexibility index (Phi) is 4.93. The van der Waals surface area contributed by atoms with Gasteiger partial charge in [0.05, 0.1) is 10.0 Å². The number of rotatable bonds is 3. The topological polar surface area (TPSA) is 25.2 Å². The zero-order valence-corrected chi connectivity index (χ0v) is 15.9. The predicted octanol–water partition coefficient (Wildman–Crippen LogP) is 5.90. The van der Waals surface area contributed by atoms with Gasteiger partial charge in [-0.25, -0.2) is 4.98 Å². The first-order valence-corrected chi connectivity index (χ1v) is 8.94. The molecule has 0 radical (unpaired) electrons. The van der Waals surface area contributed by atoms with Crippen LogP contribution >= 0.6 is 31.9 Å². The first kappa shape index (κ1) is 16.3. The zero-order chi connectivity index (χ0) is 16.3. The smallest absolute Gasteiger partial charge is 0.106 e. The van der Waals surface area contributed by atoms with Crippen LogP contribution in [0.5, 0.6) is 0 Å². The van der Waals surface area contributed by atoms with Crippen molar-refractivity contribution >= 4 is 49.8 Å². The Hall–Kier alpha value is -1.52. The van der Waals surface area contributed by atoms with Gasteiger partial charge < -0.3 is 0 Å². The molecule has 1 unspecified atom stereocenters. The van der Waals surface area contributed by atoms with Gasteiger partial charge in [-0.15, -0.1) is 0 Å². The van der Waals surface area contributed by atoms with E-state index in [1.54, 1.807) is 0 Å². The van der Waals surface area contributed by atoms with E-state index in [0.29, 0.717) is 0 Å². The second-order valence-corrected chi connectivity index (χ2v) is 8.32. The fourth-order valence-corrected chi connectivity index (χ4v) is 3.10. The van der Waals surface area contributed by atoms with Crippen molar-refractivity contribution in [2.24, 2.45) is 4.99 Å². The van der Waals surface area contributed by atoms with Crippen molar-refractivity contribution < 1.29 is 0 Å². The lowest BCUT2D eigenvalue weighted by atomic mass is 9.94. The Morgan fingerprint density at radius 1 is 1.09 bits per heavy atom. The number of allylic oxidation sites excluding steroid dienone is 2. The van der Waals surface area contributed by atoms with E-state index >= 15 is 0 Å². The Bertz CT molecular complexity index is 773. The molecule has 2 nitrogen and oxygen atoms in total. The van der Waals surface area contributed by atoms with Crippen molar-refractivity contribution in [3.8, 4) is 0 Å². The van der Waals surface area contributed by atoms with E-state index in [0.717, 1.165) is 22.3 Å². The molecule has 2 aromatic rings. The summed E-state index contributed by atoms with van der Waals surface area (Å²) in [5, 5.41) is 0. The number of nitrogens with zero attached hydrogens (tertiary/aromatic N) is 2. The summed E-state index contributed by atoms with van der Waals surface area (Å²) in [6.45, 7) is 2.13. The molecule has 1 atom stereocenters. The van der Waals surface area contributed by atoms with Gasteiger partial charge in [0.25, 0.3) is 0 Å². The first-order chi connectivity index (χ1) is 11.0. The predicted molar refractivity (Wildman–Crippen MR) is 105 cm³/mol. The van der Waals surface area contributed by atoms with Gasteiger partial charge in [0, 0.05) is 18.0 Å². The molecule has 3 rings (SSSR count). The second kappa shape index (κ2) is 6.93. The average molecular weight is 432 g/mol. The number of aliphatic imine (C=N–C) groups is 1. The Labute approximate surface area is 153 Å². The summed E-state index contributed by atoms with van der Waals surface area (Å²) < 4.78 is 0.712. The molecule has 0 amide bonds. The molecule has 1 aliphatic heterocycles. The molecular formula is C19H16Br2N2.